The average Bonchev–Trinajstić information content (AvgIpc) is 2.11. The third-order valence-electron chi connectivity index (χ3n) is 1.83. The first kappa shape index (κ1) is 13.7. The second-order valence-electron chi connectivity index (χ2n) is 4.44. The van der Waals surface area contributed by atoms with Gasteiger partial charge in [0, 0.05) is 12.1 Å². The van der Waals surface area contributed by atoms with E-state index in [0.29, 0.717) is 18.2 Å². The van der Waals surface area contributed by atoms with Crippen molar-refractivity contribution in [3.05, 3.63) is 12.4 Å². The highest BCUT2D eigenvalue weighted by molar-refractivity contribution is 7.88. The van der Waals surface area contributed by atoms with Crippen molar-refractivity contribution in [2.45, 2.75) is 19.4 Å². The van der Waals surface area contributed by atoms with Gasteiger partial charge in [0.05, 0.1) is 18.6 Å². The number of aromatic nitrogens is 2. The SMILES string of the molecule is CC(C)(CNc1cncc(N)n1)NS(C)(=O)=O. The summed E-state index contributed by atoms with van der Waals surface area (Å²) in [5, 5.41) is 2.97. The molecule has 1 rings (SSSR count). The number of sulfonamides is 1. The van der Waals surface area contributed by atoms with Gasteiger partial charge in [-0.25, -0.2) is 18.1 Å². The number of anilines is 2. The molecule has 0 aliphatic heterocycles. The molecule has 0 aliphatic carbocycles. The van der Waals surface area contributed by atoms with Crippen LogP contribution in [0.2, 0.25) is 0 Å². The summed E-state index contributed by atoms with van der Waals surface area (Å²) in [6, 6.07) is 0. The number of hydrogen-bond acceptors (Lipinski definition) is 6. The molecule has 1 heterocycles. The number of nitrogen functional groups attached to an aromatic ring is 1. The molecule has 1 aromatic heterocycles. The van der Waals surface area contributed by atoms with Crippen molar-refractivity contribution in [3.63, 3.8) is 0 Å². The van der Waals surface area contributed by atoms with Crippen LogP contribution in [0.15, 0.2) is 12.4 Å². The van der Waals surface area contributed by atoms with Crippen LogP contribution < -0.4 is 15.8 Å². The van der Waals surface area contributed by atoms with Crippen molar-refractivity contribution in [2.24, 2.45) is 0 Å². The van der Waals surface area contributed by atoms with Crippen LogP contribution in [0, 0.1) is 0 Å². The third-order valence-corrected chi connectivity index (χ3v) is 2.75. The van der Waals surface area contributed by atoms with Crippen LogP contribution in [0.5, 0.6) is 0 Å². The van der Waals surface area contributed by atoms with Gasteiger partial charge in [0.2, 0.25) is 10.0 Å². The highest BCUT2D eigenvalue weighted by Gasteiger charge is 2.21. The summed E-state index contributed by atoms with van der Waals surface area (Å²) < 4.78 is 24.8. The predicted octanol–water partition coefficient (Wildman–Crippen LogP) is -0.201. The van der Waals surface area contributed by atoms with Crippen molar-refractivity contribution >= 4 is 21.7 Å². The molecule has 1 aromatic rings. The van der Waals surface area contributed by atoms with Crippen molar-refractivity contribution < 1.29 is 8.42 Å². The first-order chi connectivity index (χ1) is 7.68. The lowest BCUT2D eigenvalue weighted by molar-refractivity contribution is 0.476. The molecule has 0 amide bonds. The average molecular weight is 259 g/mol. The molecule has 0 saturated heterocycles. The zero-order valence-electron chi connectivity index (χ0n) is 10.1. The Labute approximate surface area is 101 Å². The predicted molar refractivity (Wildman–Crippen MR) is 67.0 cm³/mol. The number of nitrogens with two attached hydrogens (primary N) is 1. The Morgan fingerprint density at radius 3 is 2.59 bits per heavy atom. The van der Waals surface area contributed by atoms with Gasteiger partial charge in [-0.1, -0.05) is 0 Å². The van der Waals surface area contributed by atoms with E-state index in [4.69, 9.17) is 5.73 Å². The second-order valence-corrected chi connectivity index (χ2v) is 6.19. The molecular formula is C9H17N5O2S. The highest BCUT2D eigenvalue weighted by atomic mass is 32.2. The Balaban J connectivity index is 2.61. The lowest BCUT2D eigenvalue weighted by atomic mass is 10.1. The summed E-state index contributed by atoms with van der Waals surface area (Å²) in [4.78, 5) is 7.87. The first-order valence-corrected chi connectivity index (χ1v) is 6.87. The molecule has 96 valence electrons. The second kappa shape index (κ2) is 4.84. The van der Waals surface area contributed by atoms with E-state index < -0.39 is 15.6 Å². The molecule has 8 heteroatoms. The van der Waals surface area contributed by atoms with Gasteiger partial charge in [0.25, 0.3) is 0 Å². The van der Waals surface area contributed by atoms with Crippen LogP contribution >= 0.6 is 0 Å². The summed E-state index contributed by atoms with van der Waals surface area (Å²) in [6.07, 6.45) is 4.08. The van der Waals surface area contributed by atoms with Crippen molar-refractivity contribution in [1.29, 1.82) is 0 Å². The summed E-state index contributed by atoms with van der Waals surface area (Å²) in [7, 11) is -3.25. The lowest BCUT2D eigenvalue weighted by Gasteiger charge is -2.25. The maximum Gasteiger partial charge on any atom is 0.209 e. The summed E-state index contributed by atoms with van der Waals surface area (Å²) in [5.74, 6) is 0.817. The number of nitrogens with one attached hydrogen (secondary N) is 2. The minimum atomic E-state index is -3.25. The van der Waals surface area contributed by atoms with E-state index >= 15 is 0 Å². The van der Waals surface area contributed by atoms with E-state index in [1.807, 2.05) is 0 Å². The minimum Gasteiger partial charge on any atom is -0.382 e. The summed E-state index contributed by atoms with van der Waals surface area (Å²) in [5.41, 5.74) is 4.85. The van der Waals surface area contributed by atoms with Gasteiger partial charge >= 0.3 is 0 Å². The minimum absolute atomic E-state index is 0.309. The van der Waals surface area contributed by atoms with E-state index in [2.05, 4.69) is 20.0 Å². The Bertz CT molecular complexity index is 486. The zero-order valence-corrected chi connectivity index (χ0v) is 10.9. The largest absolute Gasteiger partial charge is 0.382 e. The van der Waals surface area contributed by atoms with Gasteiger partial charge in [-0.3, -0.25) is 4.98 Å². The van der Waals surface area contributed by atoms with Crippen LogP contribution in [-0.2, 0) is 10.0 Å². The van der Waals surface area contributed by atoms with E-state index in [0.717, 1.165) is 6.26 Å². The Morgan fingerprint density at radius 2 is 2.06 bits per heavy atom. The van der Waals surface area contributed by atoms with Crippen LogP contribution in [0.1, 0.15) is 13.8 Å². The molecule has 4 N–H and O–H groups in total. The molecule has 7 nitrogen and oxygen atoms in total. The van der Waals surface area contributed by atoms with Crippen LogP contribution in [0.3, 0.4) is 0 Å². The standard InChI is InChI=1S/C9H17N5O2S/c1-9(2,14-17(3,15)16)6-12-8-5-11-4-7(10)13-8/h4-5,14H,6H2,1-3H3,(H3,10,12,13). The maximum absolute atomic E-state index is 11.1. The Hall–Kier alpha value is -1.41. The fourth-order valence-corrected chi connectivity index (χ4v) is 2.39. The highest BCUT2D eigenvalue weighted by Crippen LogP contribution is 2.08. The van der Waals surface area contributed by atoms with E-state index in [1.165, 1.54) is 12.4 Å². The Kier molecular flexibility index (Phi) is 3.89. The molecule has 0 spiro atoms. The van der Waals surface area contributed by atoms with Gasteiger partial charge in [0.1, 0.15) is 11.6 Å². The molecule has 0 atom stereocenters. The van der Waals surface area contributed by atoms with Gasteiger partial charge < -0.3 is 11.1 Å². The fourth-order valence-electron chi connectivity index (χ4n) is 1.32. The normalized spacial score (nSPS) is 12.4. The number of rotatable bonds is 5. The first-order valence-electron chi connectivity index (χ1n) is 4.98. The van der Waals surface area contributed by atoms with Gasteiger partial charge in [-0.2, -0.15) is 0 Å². The molecule has 0 fully saturated rings. The zero-order chi connectivity index (χ0) is 13.1. The van der Waals surface area contributed by atoms with Crippen LogP contribution in [0.4, 0.5) is 11.6 Å². The smallest absolute Gasteiger partial charge is 0.209 e. The molecule has 0 saturated carbocycles. The molecule has 0 aromatic carbocycles. The van der Waals surface area contributed by atoms with E-state index in [-0.39, 0.29) is 0 Å². The molecule has 0 radical (unpaired) electrons. The monoisotopic (exact) mass is 259 g/mol. The van der Waals surface area contributed by atoms with Crippen LogP contribution in [0.25, 0.3) is 0 Å². The van der Waals surface area contributed by atoms with E-state index in [1.54, 1.807) is 13.8 Å². The van der Waals surface area contributed by atoms with Gasteiger partial charge in [0.15, 0.2) is 0 Å². The molecule has 17 heavy (non-hydrogen) atoms. The van der Waals surface area contributed by atoms with Crippen molar-refractivity contribution in [2.75, 3.05) is 23.9 Å². The maximum atomic E-state index is 11.1. The van der Waals surface area contributed by atoms with Crippen molar-refractivity contribution in [1.82, 2.24) is 14.7 Å². The van der Waals surface area contributed by atoms with Crippen LogP contribution in [-0.4, -0.2) is 36.7 Å². The van der Waals surface area contributed by atoms with E-state index in [9.17, 15) is 8.42 Å². The van der Waals surface area contributed by atoms with Crippen molar-refractivity contribution in [3.8, 4) is 0 Å². The number of hydrogen-bond donors (Lipinski definition) is 3. The fraction of sp³-hybridized carbons (Fsp3) is 0.556. The quantitative estimate of drug-likeness (QED) is 0.675. The molecule has 0 unspecified atom stereocenters. The molecule has 0 aliphatic rings. The number of nitrogens with zero attached hydrogens (tertiary/aromatic N) is 2. The topological polar surface area (TPSA) is 110 Å². The summed E-state index contributed by atoms with van der Waals surface area (Å²) >= 11 is 0. The lowest BCUT2D eigenvalue weighted by Crippen LogP contribution is -2.47. The van der Waals surface area contributed by atoms with Gasteiger partial charge in [-0.05, 0) is 13.8 Å². The Morgan fingerprint density at radius 1 is 1.41 bits per heavy atom. The summed E-state index contributed by atoms with van der Waals surface area (Å²) in [6.45, 7) is 3.90. The molecular weight excluding hydrogens is 242 g/mol. The third kappa shape index (κ3) is 5.45. The van der Waals surface area contributed by atoms with Gasteiger partial charge in [-0.15, -0.1) is 0 Å². The molecule has 0 bridgehead atoms.